The van der Waals surface area contributed by atoms with Crippen LogP contribution in [0.4, 0.5) is 0 Å². The Kier molecular flexibility index (Phi) is 9.87. The highest BCUT2D eigenvalue weighted by Gasteiger charge is 2.19. The molecular weight excluding hydrogens is 660 g/mol. The third-order valence-electron chi connectivity index (χ3n) is 9.51. The van der Waals surface area contributed by atoms with E-state index in [1.807, 2.05) is 53.8 Å². The van der Waals surface area contributed by atoms with E-state index in [1.165, 1.54) is 0 Å². The molecule has 0 aliphatic carbocycles. The molecule has 4 heterocycles. The quantitative estimate of drug-likeness (QED) is 0.173. The molecule has 0 radical (unpaired) electrons. The van der Waals surface area contributed by atoms with Crippen LogP contribution in [0.3, 0.4) is 0 Å². The predicted octanol–water partition coefficient (Wildman–Crippen LogP) is 3.95. The van der Waals surface area contributed by atoms with Gasteiger partial charge in [-0.05, 0) is 103 Å². The molecule has 0 spiro atoms. The fourth-order valence-electron chi connectivity index (χ4n) is 6.95. The molecule has 2 atom stereocenters. The molecule has 15 heteroatoms. The van der Waals surface area contributed by atoms with E-state index in [2.05, 4.69) is 51.6 Å². The first-order valence-electron chi connectivity index (χ1n) is 17.6. The van der Waals surface area contributed by atoms with Crippen LogP contribution in [-0.4, -0.2) is 56.0 Å². The van der Waals surface area contributed by atoms with Crippen molar-refractivity contribution in [2.24, 2.45) is 28.5 Å². The van der Waals surface area contributed by atoms with Crippen LogP contribution in [0.1, 0.15) is 101 Å². The second kappa shape index (κ2) is 14.3. The summed E-state index contributed by atoms with van der Waals surface area (Å²) in [4.78, 5) is 50.6. The van der Waals surface area contributed by atoms with Crippen molar-refractivity contribution in [1.29, 1.82) is 0 Å². The van der Waals surface area contributed by atoms with Crippen LogP contribution in [0.25, 0.3) is 22.1 Å². The highest BCUT2D eigenvalue weighted by Crippen LogP contribution is 2.23. The zero-order valence-electron chi connectivity index (χ0n) is 30.7. The molecule has 4 aromatic heterocycles. The molecule has 6 aromatic rings. The van der Waals surface area contributed by atoms with E-state index < -0.39 is 17.7 Å². The Labute approximate surface area is 300 Å². The smallest absolute Gasteiger partial charge is 0.298 e. The Morgan fingerprint density at radius 2 is 1.48 bits per heavy atom. The summed E-state index contributed by atoms with van der Waals surface area (Å²) in [5.41, 5.74) is 19.4. The highest BCUT2D eigenvalue weighted by molar-refractivity contribution is 5.97. The molecule has 0 bridgehead atoms. The van der Waals surface area contributed by atoms with Gasteiger partial charge in [0.2, 0.25) is 23.1 Å². The number of aromatic nitrogens is 8. The molecular formula is C37H46N12O3. The standard InChI is InChI=1S/C37H46N12O3/c1-8-47-30(17-21(3)43-47)24(6)40-37-45(7)31-20-26(34(39)51)13-15-29(31)46(37)16-10-11-23(5)49-28-14-12-25(33(38)50)19-27(28)41-36(49)42-35(52)32-18-22(4)44-48(32)9-2/h12-15,17-20,23-24H,8-11,16H2,1-7H3,(H2,38,50)(H2,39,51)(H,41,42,52)/b40-37+. The van der Waals surface area contributed by atoms with Gasteiger partial charge in [-0.25, -0.2) is 4.99 Å². The van der Waals surface area contributed by atoms with Crippen molar-refractivity contribution in [3.05, 3.63) is 93.7 Å². The average Bonchev–Trinajstić information content (AvgIpc) is 3.86. The second-order valence-corrected chi connectivity index (χ2v) is 13.2. The van der Waals surface area contributed by atoms with E-state index in [0.29, 0.717) is 47.5 Å². The predicted molar refractivity (Wildman–Crippen MR) is 197 cm³/mol. The molecule has 0 aliphatic heterocycles. The summed E-state index contributed by atoms with van der Waals surface area (Å²) in [5.74, 6) is -1.47. The summed E-state index contributed by atoms with van der Waals surface area (Å²) >= 11 is 0. The Balaban J connectivity index is 1.38. The fraction of sp³-hybridized carbons (Fsp3) is 0.378. The van der Waals surface area contributed by atoms with E-state index in [4.69, 9.17) is 16.5 Å². The van der Waals surface area contributed by atoms with Gasteiger partial charge in [0.05, 0.1) is 45.2 Å². The zero-order chi connectivity index (χ0) is 37.4. The van der Waals surface area contributed by atoms with Gasteiger partial charge in [-0.1, -0.05) is 0 Å². The molecule has 5 N–H and O–H groups in total. The van der Waals surface area contributed by atoms with Crippen LogP contribution in [0.5, 0.6) is 0 Å². The van der Waals surface area contributed by atoms with E-state index in [0.717, 1.165) is 52.2 Å². The molecule has 0 fully saturated rings. The lowest BCUT2D eigenvalue weighted by Gasteiger charge is -2.16. The number of aryl methyl sites for hydroxylation is 6. The molecule has 0 saturated heterocycles. The highest BCUT2D eigenvalue weighted by atomic mass is 16.2. The number of amides is 3. The molecule has 0 aliphatic rings. The fourth-order valence-corrected chi connectivity index (χ4v) is 6.95. The summed E-state index contributed by atoms with van der Waals surface area (Å²) < 4.78 is 9.77. The van der Waals surface area contributed by atoms with Crippen molar-refractivity contribution >= 4 is 39.8 Å². The van der Waals surface area contributed by atoms with Gasteiger partial charge in [-0.2, -0.15) is 15.2 Å². The van der Waals surface area contributed by atoms with E-state index in [-0.39, 0.29) is 12.1 Å². The molecule has 2 unspecified atom stereocenters. The van der Waals surface area contributed by atoms with Crippen LogP contribution >= 0.6 is 0 Å². The first-order valence-corrected chi connectivity index (χ1v) is 17.6. The number of primary amides is 2. The Morgan fingerprint density at radius 1 is 0.846 bits per heavy atom. The number of benzene rings is 2. The van der Waals surface area contributed by atoms with Crippen molar-refractivity contribution in [1.82, 2.24) is 38.2 Å². The monoisotopic (exact) mass is 706 g/mol. The summed E-state index contributed by atoms with van der Waals surface area (Å²) in [5, 5.41) is 9.03. The van der Waals surface area contributed by atoms with E-state index in [9.17, 15) is 14.4 Å². The maximum atomic E-state index is 13.5. The van der Waals surface area contributed by atoms with Crippen molar-refractivity contribution < 1.29 is 14.4 Å². The molecule has 0 saturated carbocycles. The van der Waals surface area contributed by atoms with Crippen LogP contribution in [0, 0.1) is 13.8 Å². The van der Waals surface area contributed by atoms with Gasteiger partial charge in [0, 0.05) is 43.9 Å². The SMILES string of the molecule is CCn1nc(C)cc1C(=O)/N=c1\[nH]c2cc(C(N)=O)ccc2n1C(C)CCCn1/c(=N/C(C)c2cc(C)nn2CC)n(C)c2cc(C(N)=O)ccc21. The largest absolute Gasteiger partial charge is 0.366 e. The minimum absolute atomic E-state index is 0.115. The Bertz CT molecular complexity index is 2480. The van der Waals surface area contributed by atoms with Gasteiger partial charge >= 0.3 is 0 Å². The summed E-state index contributed by atoms with van der Waals surface area (Å²) in [7, 11) is 1.94. The summed E-state index contributed by atoms with van der Waals surface area (Å²) in [6.45, 7) is 13.8. The number of hydrogen-bond acceptors (Lipinski definition) is 6. The number of hydrogen-bond donors (Lipinski definition) is 3. The van der Waals surface area contributed by atoms with E-state index >= 15 is 0 Å². The molecule has 3 amide bonds. The summed E-state index contributed by atoms with van der Waals surface area (Å²) in [6, 6.07) is 14.1. The van der Waals surface area contributed by atoms with Crippen LogP contribution in [0.15, 0.2) is 58.5 Å². The lowest BCUT2D eigenvalue weighted by atomic mass is 10.1. The first-order chi connectivity index (χ1) is 24.8. The van der Waals surface area contributed by atoms with Crippen molar-refractivity contribution in [3.8, 4) is 0 Å². The normalized spacial score (nSPS) is 13.8. The lowest BCUT2D eigenvalue weighted by Crippen LogP contribution is -2.27. The van der Waals surface area contributed by atoms with Crippen LogP contribution in [0.2, 0.25) is 0 Å². The van der Waals surface area contributed by atoms with Crippen molar-refractivity contribution in [3.63, 3.8) is 0 Å². The number of carbonyl (C=O) groups excluding carboxylic acids is 3. The topological polar surface area (TPSA) is 194 Å². The second-order valence-electron chi connectivity index (χ2n) is 13.2. The minimum atomic E-state index is -0.548. The number of nitrogens with zero attached hydrogens (tertiary/aromatic N) is 9. The van der Waals surface area contributed by atoms with Gasteiger partial charge in [0.1, 0.15) is 5.69 Å². The number of carbonyl (C=O) groups is 3. The number of fused-ring (bicyclic) bond motifs is 2. The average molecular weight is 707 g/mol. The molecule has 272 valence electrons. The number of aromatic amines is 1. The third-order valence-corrected chi connectivity index (χ3v) is 9.51. The number of nitrogens with one attached hydrogen (secondary N) is 1. The number of imidazole rings is 2. The Morgan fingerprint density at radius 3 is 2.15 bits per heavy atom. The number of rotatable bonds is 12. The maximum Gasteiger partial charge on any atom is 0.298 e. The van der Waals surface area contributed by atoms with Crippen molar-refractivity contribution in [2.75, 3.05) is 0 Å². The molecule has 6 rings (SSSR count). The van der Waals surface area contributed by atoms with Gasteiger partial charge in [0.25, 0.3) is 5.91 Å². The number of nitrogens with two attached hydrogens (primary N) is 2. The first kappa shape index (κ1) is 35.8. The van der Waals surface area contributed by atoms with Crippen LogP contribution < -0.4 is 22.7 Å². The van der Waals surface area contributed by atoms with Gasteiger partial charge in [-0.15, -0.1) is 0 Å². The molecule has 2 aromatic carbocycles. The van der Waals surface area contributed by atoms with Gasteiger partial charge < -0.3 is 30.2 Å². The van der Waals surface area contributed by atoms with Crippen LogP contribution in [-0.2, 0) is 26.7 Å². The zero-order valence-corrected chi connectivity index (χ0v) is 30.7. The minimum Gasteiger partial charge on any atom is -0.366 e. The van der Waals surface area contributed by atoms with E-state index in [1.54, 1.807) is 35.0 Å². The lowest BCUT2D eigenvalue weighted by molar-refractivity contribution is 0.0981. The summed E-state index contributed by atoms with van der Waals surface area (Å²) in [6.07, 6.45) is 1.44. The molecule has 15 nitrogen and oxygen atoms in total. The van der Waals surface area contributed by atoms with Gasteiger partial charge in [-0.3, -0.25) is 23.7 Å². The van der Waals surface area contributed by atoms with Crippen molar-refractivity contribution in [2.45, 2.75) is 86.1 Å². The maximum absolute atomic E-state index is 13.5. The molecule has 52 heavy (non-hydrogen) atoms. The third kappa shape index (κ3) is 6.73. The van der Waals surface area contributed by atoms with Gasteiger partial charge in [0.15, 0.2) is 0 Å². The number of H-pyrrole nitrogens is 1. The Hall–Kier alpha value is -5.99.